The van der Waals surface area contributed by atoms with Crippen LogP contribution < -0.4 is 0 Å². The molecule has 100 valence electrons. The fourth-order valence-corrected chi connectivity index (χ4v) is 4.12. The first-order valence-corrected chi connectivity index (χ1v) is 8.37. The zero-order chi connectivity index (χ0) is 13.1. The summed E-state index contributed by atoms with van der Waals surface area (Å²) in [5, 5.41) is 2.79. The van der Waals surface area contributed by atoms with E-state index in [1.165, 1.54) is 54.9 Å². The molecule has 1 aliphatic carbocycles. The zero-order valence-electron chi connectivity index (χ0n) is 11.3. The van der Waals surface area contributed by atoms with Crippen molar-refractivity contribution in [2.45, 2.75) is 43.4 Å². The highest BCUT2D eigenvalue weighted by Crippen LogP contribution is 2.34. The Balaban J connectivity index is 1.71. The summed E-state index contributed by atoms with van der Waals surface area (Å²) in [5.41, 5.74) is 1.50. The molecule has 0 aromatic heterocycles. The van der Waals surface area contributed by atoms with Crippen LogP contribution in [0.25, 0.3) is 10.8 Å². The lowest BCUT2D eigenvalue weighted by atomic mass is 9.95. The van der Waals surface area contributed by atoms with Crippen molar-refractivity contribution in [2.75, 3.05) is 0 Å². The monoisotopic (exact) mass is 316 g/mol. The number of rotatable bonds is 4. The van der Waals surface area contributed by atoms with Crippen LogP contribution in [0.5, 0.6) is 0 Å². The number of fused-ring (bicyclic) bond motifs is 1. The molecule has 0 heterocycles. The summed E-state index contributed by atoms with van der Waals surface area (Å²) in [6, 6.07) is 15.4. The summed E-state index contributed by atoms with van der Waals surface area (Å²) in [5.74, 6) is 0.912. The zero-order valence-corrected chi connectivity index (χ0v) is 12.9. The third-order valence-corrected chi connectivity index (χ3v) is 5.69. The van der Waals surface area contributed by atoms with E-state index in [4.69, 9.17) is 0 Å². The Labute approximate surface area is 124 Å². The molecule has 1 heteroatoms. The molecule has 0 aliphatic heterocycles. The van der Waals surface area contributed by atoms with Gasteiger partial charge in [-0.25, -0.2) is 0 Å². The highest BCUT2D eigenvalue weighted by molar-refractivity contribution is 9.09. The van der Waals surface area contributed by atoms with Crippen LogP contribution in [-0.2, 0) is 6.42 Å². The molecular weight excluding hydrogens is 296 g/mol. The fourth-order valence-electron chi connectivity index (χ4n) is 3.36. The maximum absolute atomic E-state index is 3.93. The van der Waals surface area contributed by atoms with Crippen LogP contribution in [0.15, 0.2) is 42.5 Å². The summed E-state index contributed by atoms with van der Waals surface area (Å²) in [7, 11) is 0. The van der Waals surface area contributed by atoms with Gasteiger partial charge in [-0.05, 0) is 47.9 Å². The average Bonchev–Trinajstić information content (AvgIpc) is 2.99. The minimum Gasteiger partial charge on any atom is -0.0888 e. The molecule has 0 N–H and O–H groups in total. The van der Waals surface area contributed by atoms with Gasteiger partial charge in [0, 0.05) is 4.83 Å². The SMILES string of the molecule is BrC(CCc1cccc2ccccc12)C1CCCC1. The smallest absolute Gasteiger partial charge is 0.0177 e. The van der Waals surface area contributed by atoms with Gasteiger partial charge < -0.3 is 0 Å². The van der Waals surface area contributed by atoms with E-state index in [2.05, 4.69) is 58.4 Å². The minimum absolute atomic E-state index is 0.703. The summed E-state index contributed by atoms with van der Waals surface area (Å²) >= 11 is 3.93. The third-order valence-electron chi connectivity index (χ3n) is 4.48. The highest BCUT2D eigenvalue weighted by Gasteiger charge is 2.22. The van der Waals surface area contributed by atoms with Gasteiger partial charge in [0.1, 0.15) is 0 Å². The van der Waals surface area contributed by atoms with E-state index in [-0.39, 0.29) is 0 Å². The van der Waals surface area contributed by atoms with Crippen molar-refractivity contribution in [1.82, 2.24) is 0 Å². The second kappa shape index (κ2) is 6.09. The second-order valence-electron chi connectivity index (χ2n) is 5.74. The van der Waals surface area contributed by atoms with E-state index in [1.807, 2.05) is 0 Å². The van der Waals surface area contributed by atoms with Gasteiger partial charge in [-0.3, -0.25) is 0 Å². The van der Waals surface area contributed by atoms with E-state index in [1.54, 1.807) is 0 Å². The number of benzene rings is 2. The van der Waals surface area contributed by atoms with E-state index in [9.17, 15) is 0 Å². The maximum atomic E-state index is 3.93. The van der Waals surface area contributed by atoms with E-state index < -0.39 is 0 Å². The molecule has 0 spiro atoms. The molecule has 3 rings (SSSR count). The van der Waals surface area contributed by atoms with Crippen LogP contribution in [0.4, 0.5) is 0 Å². The van der Waals surface area contributed by atoms with E-state index in [0.717, 1.165) is 5.92 Å². The van der Waals surface area contributed by atoms with Gasteiger partial charge in [-0.2, -0.15) is 0 Å². The Hall–Kier alpha value is -0.820. The molecule has 0 radical (unpaired) electrons. The lowest BCUT2D eigenvalue weighted by molar-refractivity contribution is 0.506. The molecule has 1 unspecified atom stereocenters. The molecule has 0 bridgehead atoms. The van der Waals surface area contributed by atoms with E-state index in [0.29, 0.717) is 4.83 Å². The summed E-state index contributed by atoms with van der Waals surface area (Å²) in [6.45, 7) is 0. The first-order chi connectivity index (χ1) is 9.34. The molecule has 0 saturated heterocycles. The van der Waals surface area contributed by atoms with Crippen molar-refractivity contribution in [3.05, 3.63) is 48.0 Å². The van der Waals surface area contributed by atoms with Gasteiger partial charge >= 0.3 is 0 Å². The number of hydrogen-bond acceptors (Lipinski definition) is 0. The van der Waals surface area contributed by atoms with Gasteiger partial charge in [0.25, 0.3) is 0 Å². The maximum Gasteiger partial charge on any atom is 0.0177 e. The fraction of sp³-hybridized carbons (Fsp3) is 0.444. The average molecular weight is 317 g/mol. The predicted octanol–water partition coefficient (Wildman–Crippen LogP) is 5.73. The van der Waals surface area contributed by atoms with Crippen molar-refractivity contribution in [3.63, 3.8) is 0 Å². The number of halogens is 1. The molecule has 1 atom stereocenters. The third kappa shape index (κ3) is 3.02. The van der Waals surface area contributed by atoms with Crippen molar-refractivity contribution in [3.8, 4) is 0 Å². The van der Waals surface area contributed by atoms with Gasteiger partial charge in [-0.1, -0.05) is 71.2 Å². The van der Waals surface area contributed by atoms with Crippen LogP contribution in [0, 0.1) is 5.92 Å². The number of aryl methyl sites for hydroxylation is 1. The Morgan fingerprint density at radius 2 is 1.74 bits per heavy atom. The first-order valence-electron chi connectivity index (χ1n) is 7.45. The molecule has 19 heavy (non-hydrogen) atoms. The van der Waals surface area contributed by atoms with Gasteiger partial charge in [0.05, 0.1) is 0 Å². The Morgan fingerprint density at radius 1 is 1.00 bits per heavy atom. The van der Waals surface area contributed by atoms with Crippen LogP contribution in [0.3, 0.4) is 0 Å². The Bertz CT molecular complexity index is 535. The van der Waals surface area contributed by atoms with Gasteiger partial charge in [0.2, 0.25) is 0 Å². The van der Waals surface area contributed by atoms with Crippen LogP contribution >= 0.6 is 15.9 Å². The highest BCUT2D eigenvalue weighted by atomic mass is 79.9. The Morgan fingerprint density at radius 3 is 2.58 bits per heavy atom. The summed E-state index contributed by atoms with van der Waals surface area (Å²) in [4.78, 5) is 0.703. The van der Waals surface area contributed by atoms with E-state index >= 15 is 0 Å². The normalized spacial score (nSPS) is 17.9. The predicted molar refractivity (Wildman–Crippen MR) is 86.9 cm³/mol. The molecule has 0 amide bonds. The standard InChI is InChI=1S/C18H21Br/c19-18(16-7-1-2-8-16)13-12-15-10-5-9-14-6-3-4-11-17(14)15/h3-6,9-11,16,18H,1-2,7-8,12-13H2. The van der Waals surface area contributed by atoms with Crippen molar-refractivity contribution in [1.29, 1.82) is 0 Å². The van der Waals surface area contributed by atoms with Crippen LogP contribution in [-0.4, -0.2) is 4.83 Å². The first kappa shape index (κ1) is 13.2. The molecule has 1 fully saturated rings. The van der Waals surface area contributed by atoms with Crippen molar-refractivity contribution < 1.29 is 0 Å². The number of hydrogen-bond donors (Lipinski definition) is 0. The number of alkyl halides is 1. The molecule has 2 aromatic carbocycles. The van der Waals surface area contributed by atoms with Gasteiger partial charge in [0.15, 0.2) is 0 Å². The lowest BCUT2D eigenvalue weighted by Crippen LogP contribution is -2.11. The molecule has 1 aliphatic rings. The van der Waals surface area contributed by atoms with Gasteiger partial charge in [-0.15, -0.1) is 0 Å². The summed E-state index contributed by atoms with van der Waals surface area (Å²) < 4.78 is 0. The molecule has 0 nitrogen and oxygen atoms in total. The minimum atomic E-state index is 0.703. The molecule has 1 saturated carbocycles. The molecule has 2 aromatic rings. The summed E-state index contributed by atoms with van der Waals surface area (Å²) in [6.07, 6.45) is 8.16. The lowest BCUT2D eigenvalue weighted by Gasteiger charge is -2.17. The van der Waals surface area contributed by atoms with Crippen molar-refractivity contribution >= 4 is 26.7 Å². The Kier molecular flexibility index (Phi) is 4.22. The largest absolute Gasteiger partial charge is 0.0888 e. The molecular formula is C18H21Br. The quantitative estimate of drug-likeness (QED) is 0.632. The topological polar surface area (TPSA) is 0 Å². The second-order valence-corrected chi connectivity index (χ2v) is 6.91. The van der Waals surface area contributed by atoms with Crippen LogP contribution in [0.2, 0.25) is 0 Å². The van der Waals surface area contributed by atoms with Crippen molar-refractivity contribution in [2.24, 2.45) is 5.92 Å². The van der Waals surface area contributed by atoms with Crippen LogP contribution in [0.1, 0.15) is 37.7 Å².